The quantitative estimate of drug-likeness (QED) is 0.388. The highest BCUT2D eigenvalue weighted by molar-refractivity contribution is 6.17. The van der Waals surface area contributed by atoms with Gasteiger partial charge in [0, 0.05) is 11.9 Å². The van der Waals surface area contributed by atoms with Crippen LogP contribution in [0.3, 0.4) is 0 Å². The Morgan fingerprint density at radius 3 is 1.88 bits per heavy atom. The molecule has 0 atom stereocenters. The molecule has 0 spiro atoms. The van der Waals surface area contributed by atoms with Crippen molar-refractivity contribution in [2.45, 2.75) is 77.7 Å². The van der Waals surface area contributed by atoms with Crippen LogP contribution in [0.1, 0.15) is 71.6 Å². The van der Waals surface area contributed by atoms with Gasteiger partial charge in [-0.3, -0.25) is 0 Å². The zero-order valence-corrected chi connectivity index (χ0v) is 12.0. The Morgan fingerprint density at radius 2 is 1.44 bits per heavy atom. The van der Waals surface area contributed by atoms with Crippen LogP contribution in [0.25, 0.3) is 0 Å². The molecule has 0 aliphatic heterocycles. The highest BCUT2D eigenvalue weighted by Crippen LogP contribution is 2.11. The van der Waals surface area contributed by atoms with E-state index in [4.69, 9.17) is 11.6 Å². The molecule has 0 aromatic carbocycles. The first-order valence-corrected chi connectivity index (χ1v) is 7.67. The van der Waals surface area contributed by atoms with Gasteiger partial charge in [-0.05, 0) is 25.8 Å². The van der Waals surface area contributed by atoms with Crippen molar-refractivity contribution >= 4 is 11.6 Å². The molecular weight excluding hydrogens is 218 g/mol. The van der Waals surface area contributed by atoms with E-state index in [2.05, 4.69) is 19.2 Å². The van der Waals surface area contributed by atoms with Crippen molar-refractivity contribution in [2.24, 2.45) is 0 Å². The molecule has 2 heteroatoms. The summed E-state index contributed by atoms with van der Waals surface area (Å²) in [6.07, 6.45) is 11.9. The molecule has 98 valence electrons. The molecule has 0 radical (unpaired) electrons. The Morgan fingerprint density at radius 1 is 0.875 bits per heavy atom. The lowest BCUT2D eigenvalue weighted by Crippen LogP contribution is -2.30. The van der Waals surface area contributed by atoms with Crippen LogP contribution in [-0.4, -0.2) is 18.5 Å². The van der Waals surface area contributed by atoms with Crippen molar-refractivity contribution < 1.29 is 0 Å². The first-order chi connectivity index (χ1) is 7.85. The number of nitrogens with one attached hydrogen (secondary N) is 1. The minimum Gasteiger partial charge on any atom is -0.314 e. The fourth-order valence-corrected chi connectivity index (χ4v) is 2.14. The smallest absolute Gasteiger partial charge is 0.0235 e. The third kappa shape index (κ3) is 10.8. The predicted octanol–water partition coefficient (Wildman–Crippen LogP) is 4.73. The number of hydrogen-bond acceptors (Lipinski definition) is 1. The molecule has 0 saturated heterocycles. The third-order valence-electron chi connectivity index (χ3n) is 3.06. The summed E-state index contributed by atoms with van der Waals surface area (Å²) >= 11 is 5.70. The fraction of sp³-hybridized carbons (Fsp3) is 1.00. The number of rotatable bonds is 12. The summed E-state index contributed by atoms with van der Waals surface area (Å²) in [6, 6.07) is 0.737. The van der Waals surface area contributed by atoms with E-state index in [1.165, 1.54) is 51.4 Å². The average molecular weight is 248 g/mol. The normalized spacial score (nSPS) is 11.2. The first kappa shape index (κ1) is 16.2. The van der Waals surface area contributed by atoms with E-state index in [9.17, 15) is 0 Å². The second-order valence-electron chi connectivity index (χ2n) is 4.69. The average Bonchev–Trinajstić information content (AvgIpc) is 2.29. The maximum Gasteiger partial charge on any atom is 0.0235 e. The molecule has 0 bridgehead atoms. The van der Waals surface area contributed by atoms with Crippen molar-refractivity contribution in [2.75, 3.05) is 12.4 Å². The van der Waals surface area contributed by atoms with E-state index in [1.54, 1.807) is 0 Å². The number of halogens is 1. The molecule has 1 nitrogen and oxygen atoms in total. The SMILES string of the molecule is CCCCCC(CCCCC)NCCCCl. The van der Waals surface area contributed by atoms with Gasteiger partial charge in [-0.1, -0.05) is 52.4 Å². The largest absolute Gasteiger partial charge is 0.314 e. The zero-order chi connectivity index (χ0) is 12.1. The van der Waals surface area contributed by atoms with Gasteiger partial charge in [0.2, 0.25) is 0 Å². The van der Waals surface area contributed by atoms with E-state index in [-0.39, 0.29) is 0 Å². The van der Waals surface area contributed by atoms with Gasteiger partial charge in [0.25, 0.3) is 0 Å². The van der Waals surface area contributed by atoms with Crippen LogP contribution in [0.2, 0.25) is 0 Å². The van der Waals surface area contributed by atoms with Crippen molar-refractivity contribution in [1.82, 2.24) is 5.32 Å². The van der Waals surface area contributed by atoms with E-state index < -0.39 is 0 Å². The first-order valence-electron chi connectivity index (χ1n) is 7.14. The molecular formula is C14H30ClN. The predicted molar refractivity (Wildman–Crippen MR) is 75.4 cm³/mol. The highest BCUT2D eigenvalue weighted by atomic mass is 35.5. The molecule has 1 N–H and O–H groups in total. The van der Waals surface area contributed by atoms with Gasteiger partial charge in [-0.2, -0.15) is 0 Å². The Kier molecular flexibility index (Phi) is 13.5. The summed E-state index contributed by atoms with van der Waals surface area (Å²) in [5, 5.41) is 3.65. The molecule has 0 rings (SSSR count). The minimum atomic E-state index is 0.737. The summed E-state index contributed by atoms with van der Waals surface area (Å²) in [7, 11) is 0. The Hall–Kier alpha value is 0.250. The molecule has 0 fully saturated rings. The standard InChI is InChI=1S/C14H30ClN/c1-3-5-7-10-14(11-8-6-4-2)16-13-9-12-15/h14,16H,3-13H2,1-2H3. The van der Waals surface area contributed by atoms with E-state index in [0.717, 1.165) is 24.9 Å². The van der Waals surface area contributed by atoms with E-state index in [1.807, 2.05) is 0 Å². The van der Waals surface area contributed by atoms with Gasteiger partial charge in [0.15, 0.2) is 0 Å². The lowest BCUT2D eigenvalue weighted by Gasteiger charge is -2.18. The molecule has 0 aliphatic rings. The highest BCUT2D eigenvalue weighted by Gasteiger charge is 2.06. The van der Waals surface area contributed by atoms with Crippen molar-refractivity contribution in [3.05, 3.63) is 0 Å². The molecule has 0 aromatic rings. The summed E-state index contributed by atoms with van der Waals surface area (Å²) in [5.41, 5.74) is 0. The molecule has 0 aliphatic carbocycles. The van der Waals surface area contributed by atoms with Crippen molar-refractivity contribution in [1.29, 1.82) is 0 Å². The Labute approximate surface area is 107 Å². The van der Waals surface area contributed by atoms with Gasteiger partial charge < -0.3 is 5.32 Å². The molecule has 0 heterocycles. The molecule has 0 amide bonds. The maximum atomic E-state index is 5.70. The monoisotopic (exact) mass is 247 g/mol. The molecule has 0 aromatic heterocycles. The van der Waals surface area contributed by atoms with Crippen molar-refractivity contribution in [3.63, 3.8) is 0 Å². The van der Waals surface area contributed by atoms with Crippen molar-refractivity contribution in [3.8, 4) is 0 Å². The molecule has 16 heavy (non-hydrogen) atoms. The third-order valence-corrected chi connectivity index (χ3v) is 3.32. The number of hydrogen-bond donors (Lipinski definition) is 1. The minimum absolute atomic E-state index is 0.737. The van der Waals surface area contributed by atoms with Gasteiger partial charge in [-0.25, -0.2) is 0 Å². The molecule has 0 saturated carbocycles. The van der Waals surface area contributed by atoms with Gasteiger partial charge >= 0.3 is 0 Å². The van der Waals surface area contributed by atoms with Crippen LogP contribution in [0.15, 0.2) is 0 Å². The topological polar surface area (TPSA) is 12.0 Å². The summed E-state index contributed by atoms with van der Waals surface area (Å²) in [6.45, 7) is 5.63. The second kappa shape index (κ2) is 13.3. The Balaban J connectivity index is 3.58. The molecule has 0 unspecified atom stereocenters. The van der Waals surface area contributed by atoms with Crippen LogP contribution in [0.5, 0.6) is 0 Å². The number of alkyl halides is 1. The Bertz CT molecular complexity index is 104. The summed E-state index contributed by atoms with van der Waals surface area (Å²) in [4.78, 5) is 0. The van der Waals surface area contributed by atoms with E-state index in [0.29, 0.717) is 0 Å². The fourth-order valence-electron chi connectivity index (χ4n) is 2.00. The van der Waals surface area contributed by atoms with Gasteiger partial charge in [-0.15, -0.1) is 11.6 Å². The van der Waals surface area contributed by atoms with Crippen LogP contribution in [-0.2, 0) is 0 Å². The van der Waals surface area contributed by atoms with Crippen LogP contribution in [0, 0.1) is 0 Å². The summed E-state index contributed by atoms with van der Waals surface area (Å²) < 4.78 is 0. The summed E-state index contributed by atoms with van der Waals surface area (Å²) in [5.74, 6) is 0.781. The second-order valence-corrected chi connectivity index (χ2v) is 5.06. The maximum absolute atomic E-state index is 5.70. The zero-order valence-electron chi connectivity index (χ0n) is 11.2. The lowest BCUT2D eigenvalue weighted by atomic mass is 10.0. The number of unbranched alkanes of at least 4 members (excludes halogenated alkanes) is 4. The van der Waals surface area contributed by atoms with Gasteiger partial charge in [0.1, 0.15) is 0 Å². The van der Waals surface area contributed by atoms with Crippen LogP contribution in [0.4, 0.5) is 0 Å². The van der Waals surface area contributed by atoms with Crippen LogP contribution >= 0.6 is 11.6 Å². The lowest BCUT2D eigenvalue weighted by molar-refractivity contribution is 0.420. The van der Waals surface area contributed by atoms with Gasteiger partial charge in [0.05, 0.1) is 0 Å². The van der Waals surface area contributed by atoms with Crippen LogP contribution < -0.4 is 5.32 Å². The van der Waals surface area contributed by atoms with E-state index >= 15 is 0 Å².